The van der Waals surface area contributed by atoms with Crippen LogP contribution in [0.15, 0.2) is 18.2 Å². The molecule has 7 nitrogen and oxygen atoms in total. The first-order valence-corrected chi connectivity index (χ1v) is 6.53. The van der Waals surface area contributed by atoms with Crippen molar-refractivity contribution in [1.82, 2.24) is 5.32 Å². The third kappa shape index (κ3) is 2.38. The maximum atomic E-state index is 11.9. The lowest BCUT2D eigenvalue weighted by molar-refractivity contribution is -0.383. The number of rotatable bonds is 4. The van der Waals surface area contributed by atoms with Gasteiger partial charge in [-0.3, -0.25) is 14.9 Å². The molecule has 0 saturated carbocycles. The van der Waals surface area contributed by atoms with Crippen LogP contribution in [-0.2, 0) is 4.79 Å². The minimum absolute atomic E-state index is 0.0193. The zero-order chi connectivity index (χ0) is 14.7. The Bertz CT molecular complexity index is 532. The van der Waals surface area contributed by atoms with Gasteiger partial charge in [0.1, 0.15) is 17.4 Å². The summed E-state index contributed by atoms with van der Waals surface area (Å²) in [5.74, 6) is -0.105. The Hall–Kier alpha value is -2.31. The van der Waals surface area contributed by atoms with E-state index in [9.17, 15) is 14.9 Å². The molecule has 1 amide bonds. The zero-order valence-electron chi connectivity index (χ0n) is 11.5. The summed E-state index contributed by atoms with van der Waals surface area (Å²) in [6, 6.07) is 4.77. The summed E-state index contributed by atoms with van der Waals surface area (Å²) in [4.78, 5) is 24.7. The summed E-state index contributed by atoms with van der Waals surface area (Å²) in [5, 5.41) is 16.8. The predicted molar refractivity (Wildman–Crippen MR) is 77.1 cm³/mol. The largest absolute Gasteiger partial charge is 0.382 e. The molecule has 1 saturated heterocycles. The van der Waals surface area contributed by atoms with E-state index in [1.54, 1.807) is 32.3 Å². The number of nitro groups is 1. The van der Waals surface area contributed by atoms with Crippen molar-refractivity contribution in [2.45, 2.75) is 18.9 Å². The molecule has 2 N–H and O–H groups in total. The van der Waals surface area contributed by atoms with Crippen LogP contribution in [0, 0.1) is 10.1 Å². The number of nitrogens with zero attached hydrogens (tertiary/aromatic N) is 2. The highest BCUT2D eigenvalue weighted by Gasteiger charge is 2.34. The molecule has 1 aliphatic rings. The fourth-order valence-corrected chi connectivity index (χ4v) is 2.65. The van der Waals surface area contributed by atoms with Crippen LogP contribution in [0.25, 0.3) is 0 Å². The van der Waals surface area contributed by atoms with Crippen molar-refractivity contribution in [3.05, 3.63) is 28.3 Å². The summed E-state index contributed by atoms with van der Waals surface area (Å²) >= 11 is 0. The summed E-state index contributed by atoms with van der Waals surface area (Å²) < 4.78 is 0. The number of hydrogen-bond acceptors (Lipinski definition) is 5. The molecule has 0 aromatic heterocycles. The van der Waals surface area contributed by atoms with E-state index in [1.807, 2.05) is 4.90 Å². The van der Waals surface area contributed by atoms with E-state index in [-0.39, 0.29) is 17.6 Å². The maximum Gasteiger partial charge on any atom is 0.315 e. The van der Waals surface area contributed by atoms with Gasteiger partial charge in [0.05, 0.1) is 4.92 Å². The van der Waals surface area contributed by atoms with Crippen molar-refractivity contribution in [2.24, 2.45) is 0 Å². The number of anilines is 2. The third-order valence-electron chi connectivity index (χ3n) is 3.58. The molecule has 108 valence electrons. The summed E-state index contributed by atoms with van der Waals surface area (Å²) in [5.41, 5.74) is 0.966. The summed E-state index contributed by atoms with van der Waals surface area (Å²) in [6.07, 6.45) is 1.56. The molecule has 1 unspecified atom stereocenters. The molecule has 0 radical (unpaired) electrons. The molecule has 1 aromatic carbocycles. The van der Waals surface area contributed by atoms with E-state index in [1.165, 1.54) is 0 Å². The first-order valence-electron chi connectivity index (χ1n) is 6.53. The minimum atomic E-state index is -0.402. The van der Waals surface area contributed by atoms with Gasteiger partial charge in [0.2, 0.25) is 5.91 Å². The van der Waals surface area contributed by atoms with Crippen LogP contribution >= 0.6 is 0 Å². The van der Waals surface area contributed by atoms with Crippen molar-refractivity contribution < 1.29 is 9.72 Å². The smallest absolute Gasteiger partial charge is 0.315 e. The van der Waals surface area contributed by atoms with Crippen molar-refractivity contribution >= 4 is 23.0 Å². The van der Waals surface area contributed by atoms with E-state index in [4.69, 9.17) is 0 Å². The highest BCUT2D eigenvalue weighted by atomic mass is 16.6. The van der Waals surface area contributed by atoms with E-state index in [2.05, 4.69) is 10.6 Å². The van der Waals surface area contributed by atoms with Crippen molar-refractivity contribution in [3.8, 4) is 0 Å². The van der Waals surface area contributed by atoms with Gasteiger partial charge in [-0.15, -0.1) is 0 Å². The van der Waals surface area contributed by atoms with Crippen molar-refractivity contribution in [1.29, 1.82) is 0 Å². The highest BCUT2D eigenvalue weighted by Crippen LogP contribution is 2.38. The van der Waals surface area contributed by atoms with Gasteiger partial charge in [-0.2, -0.15) is 0 Å². The van der Waals surface area contributed by atoms with Gasteiger partial charge in [-0.25, -0.2) is 0 Å². The second-order valence-corrected chi connectivity index (χ2v) is 4.65. The standard InChI is InChI=1S/C13H18N4O3/c1-14-9-5-3-6-10(12(9)17(19)20)16-8-4-7-11(16)13(18)15-2/h3,5-6,11,14H,4,7-8H2,1-2H3,(H,15,18). The Morgan fingerprint density at radius 2 is 2.20 bits per heavy atom. The Morgan fingerprint density at radius 3 is 2.80 bits per heavy atom. The lowest BCUT2D eigenvalue weighted by atomic mass is 10.1. The van der Waals surface area contributed by atoms with Crippen LogP contribution in [0.3, 0.4) is 0 Å². The molecule has 20 heavy (non-hydrogen) atoms. The Balaban J connectivity index is 2.46. The number of amides is 1. The second-order valence-electron chi connectivity index (χ2n) is 4.65. The monoisotopic (exact) mass is 278 g/mol. The fraction of sp³-hybridized carbons (Fsp3) is 0.462. The van der Waals surface area contributed by atoms with Crippen LogP contribution < -0.4 is 15.5 Å². The number of likely N-dealkylation sites (N-methyl/N-ethyl adjacent to an activating group) is 1. The average Bonchev–Trinajstić information content (AvgIpc) is 2.94. The summed E-state index contributed by atoms with van der Waals surface area (Å²) in [7, 11) is 3.23. The molecule has 2 rings (SSSR count). The molecule has 1 atom stereocenters. The van der Waals surface area contributed by atoms with Crippen LogP contribution in [0.5, 0.6) is 0 Å². The minimum Gasteiger partial charge on any atom is -0.382 e. The number of carbonyl (C=O) groups is 1. The van der Waals surface area contributed by atoms with Gasteiger partial charge in [-0.05, 0) is 25.0 Å². The first kappa shape index (κ1) is 14.1. The second kappa shape index (κ2) is 5.77. The Morgan fingerprint density at radius 1 is 1.45 bits per heavy atom. The molecule has 7 heteroatoms. The van der Waals surface area contributed by atoms with Crippen molar-refractivity contribution in [2.75, 3.05) is 30.9 Å². The number of nitro benzene ring substituents is 1. The molecule has 1 aliphatic heterocycles. The third-order valence-corrected chi connectivity index (χ3v) is 3.58. The lowest BCUT2D eigenvalue weighted by Crippen LogP contribution is -2.42. The molecular weight excluding hydrogens is 260 g/mol. The van der Waals surface area contributed by atoms with Crippen LogP contribution in [0.2, 0.25) is 0 Å². The normalized spacial score (nSPS) is 17.9. The van der Waals surface area contributed by atoms with Crippen molar-refractivity contribution in [3.63, 3.8) is 0 Å². The van der Waals surface area contributed by atoms with Crippen LogP contribution in [0.1, 0.15) is 12.8 Å². The number of benzene rings is 1. The van der Waals surface area contributed by atoms with E-state index < -0.39 is 4.92 Å². The topological polar surface area (TPSA) is 87.5 Å². The van der Waals surface area contributed by atoms with Gasteiger partial charge >= 0.3 is 5.69 Å². The van der Waals surface area contributed by atoms with E-state index >= 15 is 0 Å². The molecule has 0 spiro atoms. The molecular formula is C13H18N4O3. The lowest BCUT2D eigenvalue weighted by Gasteiger charge is -2.25. The zero-order valence-corrected chi connectivity index (χ0v) is 11.5. The van der Waals surface area contributed by atoms with Crippen LogP contribution in [-0.4, -0.2) is 37.5 Å². The molecule has 0 aliphatic carbocycles. The average molecular weight is 278 g/mol. The highest BCUT2D eigenvalue weighted by molar-refractivity contribution is 5.88. The van der Waals surface area contributed by atoms with Crippen LogP contribution in [0.4, 0.5) is 17.1 Å². The van der Waals surface area contributed by atoms with Gasteiger partial charge in [-0.1, -0.05) is 6.07 Å². The fourth-order valence-electron chi connectivity index (χ4n) is 2.65. The maximum absolute atomic E-state index is 11.9. The van der Waals surface area contributed by atoms with E-state index in [0.29, 0.717) is 24.3 Å². The first-order chi connectivity index (χ1) is 9.60. The summed E-state index contributed by atoms with van der Waals surface area (Å²) in [6.45, 7) is 0.645. The van der Waals surface area contributed by atoms with Gasteiger partial charge < -0.3 is 15.5 Å². The Kier molecular flexibility index (Phi) is 4.07. The van der Waals surface area contributed by atoms with E-state index in [0.717, 1.165) is 6.42 Å². The number of carbonyl (C=O) groups excluding carboxylic acids is 1. The van der Waals surface area contributed by atoms with Gasteiger partial charge in [0.25, 0.3) is 0 Å². The molecule has 1 aromatic rings. The molecule has 0 bridgehead atoms. The van der Waals surface area contributed by atoms with Gasteiger partial charge in [0.15, 0.2) is 0 Å². The molecule has 1 fully saturated rings. The Labute approximate surface area is 117 Å². The molecule has 1 heterocycles. The number of nitrogens with one attached hydrogen (secondary N) is 2. The predicted octanol–water partition coefficient (Wildman–Crippen LogP) is 1.35. The number of hydrogen-bond donors (Lipinski definition) is 2. The quantitative estimate of drug-likeness (QED) is 0.641. The SMILES string of the molecule is CNC(=O)C1CCCN1c1cccc(NC)c1[N+](=O)[O-]. The number of para-hydroxylation sites is 1. The van der Waals surface area contributed by atoms with Gasteiger partial charge in [0, 0.05) is 20.6 Å².